The summed E-state index contributed by atoms with van der Waals surface area (Å²) < 4.78 is 7.80. The van der Waals surface area contributed by atoms with E-state index in [0.29, 0.717) is 6.04 Å². The third-order valence-corrected chi connectivity index (χ3v) is 3.67. The van der Waals surface area contributed by atoms with E-state index in [9.17, 15) is 0 Å². The maximum absolute atomic E-state index is 5.65. The summed E-state index contributed by atoms with van der Waals surface area (Å²) in [5, 5.41) is 8.30. The Morgan fingerprint density at radius 2 is 2.00 bits per heavy atom. The van der Waals surface area contributed by atoms with Gasteiger partial charge in [0.1, 0.15) is 0 Å². The van der Waals surface area contributed by atoms with Crippen molar-refractivity contribution in [3.63, 3.8) is 0 Å². The molecule has 1 N–H and O–H groups in total. The third-order valence-electron chi connectivity index (χ3n) is 3.67. The first-order chi connectivity index (χ1) is 10.2. The van der Waals surface area contributed by atoms with Crippen molar-refractivity contribution in [2.24, 2.45) is 0 Å². The minimum atomic E-state index is 0.480. The Balaban J connectivity index is 2.59. The first-order valence-electron chi connectivity index (χ1n) is 8.61. The Hall–Kier alpha value is -0.870. The molecular weight excluding hydrogens is 262 g/mol. The predicted octanol–water partition coefficient (Wildman–Crippen LogP) is 3.19. The summed E-state index contributed by atoms with van der Waals surface area (Å²) in [6.07, 6.45) is 5.37. The van der Waals surface area contributed by atoms with Crippen LogP contribution in [0.3, 0.4) is 0 Å². The number of aromatic nitrogens is 2. The van der Waals surface area contributed by atoms with Gasteiger partial charge in [0.15, 0.2) is 0 Å². The summed E-state index contributed by atoms with van der Waals surface area (Å²) in [5.74, 6) is 0. The average Bonchev–Trinajstić information content (AvgIpc) is 2.91. The minimum absolute atomic E-state index is 0.480. The molecule has 1 unspecified atom stereocenters. The van der Waals surface area contributed by atoms with Crippen molar-refractivity contribution in [2.75, 3.05) is 19.8 Å². The van der Waals surface area contributed by atoms with Crippen molar-refractivity contribution in [3.8, 4) is 0 Å². The lowest BCUT2D eigenvalue weighted by Gasteiger charge is -2.19. The van der Waals surface area contributed by atoms with Crippen molar-refractivity contribution in [2.45, 2.75) is 72.4 Å². The molecule has 0 saturated heterocycles. The van der Waals surface area contributed by atoms with Gasteiger partial charge in [-0.15, -0.1) is 0 Å². The monoisotopic (exact) mass is 295 g/mol. The number of ether oxygens (including phenoxy) is 1. The predicted molar refractivity (Wildman–Crippen MR) is 88.8 cm³/mol. The molecule has 1 aromatic rings. The van der Waals surface area contributed by atoms with Gasteiger partial charge in [0, 0.05) is 37.9 Å². The van der Waals surface area contributed by atoms with E-state index in [4.69, 9.17) is 4.74 Å². The van der Waals surface area contributed by atoms with E-state index >= 15 is 0 Å². The lowest BCUT2D eigenvalue weighted by molar-refractivity contribution is 0.124. The smallest absolute Gasteiger partial charge is 0.0624 e. The second kappa shape index (κ2) is 10.8. The van der Waals surface area contributed by atoms with Gasteiger partial charge >= 0.3 is 0 Å². The first kappa shape index (κ1) is 18.2. The Morgan fingerprint density at radius 1 is 1.19 bits per heavy atom. The van der Waals surface area contributed by atoms with Gasteiger partial charge in [-0.05, 0) is 45.2 Å². The molecule has 0 spiro atoms. The Bertz CT molecular complexity index is 376. The van der Waals surface area contributed by atoms with Crippen molar-refractivity contribution < 1.29 is 4.74 Å². The standard InChI is InChI=1S/C17H33N3O/c1-5-10-18-16(9-12-21-11-6-2)14-17-13-15(7-3)19-20(17)8-4/h13,16,18H,5-12,14H2,1-4H3. The molecule has 0 amide bonds. The zero-order chi connectivity index (χ0) is 15.5. The lowest BCUT2D eigenvalue weighted by atomic mass is 10.1. The number of aryl methyl sites for hydroxylation is 2. The van der Waals surface area contributed by atoms with Gasteiger partial charge in [-0.1, -0.05) is 20.8 Å². The summed E-state index contributed by atoms with van der Waals surface area (Å²) in [5.41, 5.74) is 2.54. The summed E-state index contributed by atoms with van der Waals surface area (Å²) in [6.45, 7) is 12.4. The van der Waals surface area contributed by atoms with Gasteiger partial charge < -0.3 is 10.1 Å². The maximum Gasteiger partial charge on any atom is 0.0624 e. The van der Waals surface area contributed by atoms with E-state index in [-0.39, 0.29) is 0 Å². The van der Waals surface area contributed by atoms with Crippen LogP contribution < -0.4 is 5.32 Å². The fraction of sp³-hybridized carbons (Fsp3) is 0.824. The van der Waals surface area contributed by atoms with Gasteiger partial charge in [0.05, 0.1) is 5.69 Å². The fourth-order valence-corrected chi connectivity index (χ4v) is 2.48. The molecule has 1 heterocycles. The molecule has 0 aliphatic rings. The average molecular weight is 295 g/mol. The molecule has 0 radical (unpaired) electrons. The van der Waals surface area contributed by atoms with E-state index in [2.05, 4.69) is 48.9 Å². The van der Waals surface area contributed by atoms with Gasteiger partial charge in [-0.2, -0.15) is 5.10 Å². The van der Waals surface area contributed by atoms with Crippen molar-refractivity contribution in [3.05, 3.63) is 17.5 Å². The lowest BCUT2D eigenvalue weighted by Crippen LogP contribution is -2.33. The molecule has 0 bridgehead atoms. The van der Waals surface area contributed by atoms with Crippen LogP contribution in [0.25, 0.3) is 0 Å². The molecular formula is C17H33N3O. The van der Waals surface area contributed by atoms with Crippen molar-refractivity contribution >= 4 is 0 Å². The molecule has 4 heteroatoms. The van der Waals surface area contributed by atoms with E-state index in [0.717, 1.165) is 52.0 Å². The molecule has 0 aromatic carbocycles. The highest BCUT2D eigenvalue weighted by molar-refractivity contribution is 5.12. The van der Waals surface area contributed by atoms with Crippen LogP contribution in [0, 0.1) is 0 Å². The Morgan fingerprint density at radius 3 is 2.62 bits per heavy atom. The van der Waals surface area contributed by atoms with Crippen LogP contribution in [0.5, 0.6) is 0 Å². The number of hydrogen-bond donors (Lipinski definition) is 1. The molecule has 21 heavy (non-hydrogen) atoms. The molecule has 1 rings (SSSR count). The van der Waals surface area contributed by atoms with Crippen LogP contribution in [0.2, 0.25) is 0 Å². The van der Waals surface area contributed by atoms with Crippen LogP contribution in [0.1, 0.15) is 58.3 Å². The summed E-state index contributed by atoms with van der Waals surface area (Å²) in [4.78, 5) is 0. The highest BCUT2D eigenvalue weighted by atomic mass is 16.5. The van der Waals surface area contributed by atoms with Gasteiger partial charge in [-0.25, -0.2) is 0 Å². The number of nitrogens with zero attached hydrogens (tertiary/aromatic N) is 2. The molecule has 1 atom stereocenters. The van der Waals surface area contributed by atoms with Gasteiger partial charge in [-0.3, -0.25) is 4.68 Å². The van der Waals surface area contributed by atoms with Crippen LogP contribution in [0.15, 0.2) is 6.07 Å². The number of hydrogen-bond acceptors (Lipinski definition) is 3. The third kappa shape index (κ3) is 6.62. The van der Waals surface area contributed by atoms with Crippen LogP contribution in [0.4, 0.5) is 0 Å². The van der Waals surface area contributed by atoms with Crippen LogP contribution >= 0.6 is 0 Å². The second-order valence-corrected chi connectivity index (χ2v) is 5.55. The topological polar surface area (TPSA) is 39.1 Å². The first-order valence-corrected chi connectivity index (χ1v) is 8.61. The van der Waals surface area contributed by atoms with E-state index in [1.165, 1.54) is 17.8 Å². The molecule has 0 saturated carbocycles. The van der Waals surface area contributed by atoms with Crippen molar-refractivity contribution in [1.82, 2.24) is 15.1 Å². The number of rotatable bonds is 12. The zero-order valence-electron chi connectivity index (χ0n) is 14.3. The molecule has 0 fully saturated rings. The number of nitrogens with one attached hydrogen (secondary N) is 1. The maximum atomic E-state index is 5.65. The van der Waals surface area contributed by atoms with E-state index in [1.54, 1.807) is 0 Å². The quantitative estimate of drug-likeness (QED) is 0.602. The molecule has 0 aliphatic carbocycles. The Kier molecular flexibility index (Phi) is 9.35. The van der Waals surface area contributed by atoms with E-state index in [1.807, 2.05) is 0 Å². The summed E-state index contributed by atoms with van der Waals surface area (Å²) in [6, 6.07) is 2.74. The molecule has 1 aromatic heterocycles. The highest BCUT2D eigenvalue weighted by Gasteiger charge is 2.13. The summed E-state index contributed by atoms with van der Waals surface area (Å²) >= 11 is 0. The molecule has 4 nitrogen and oxygen atoms in total. The van der Waals surface area contributed by atoms with Crippen molar-refractivity contribution in [1.29, 1.82) is 0 Å². The Labute approximate surface area is 130 Å². The normalized spacial score (nSPS) is 12.8. The molecule has 122 valence electrons. The highest BCUT2D eigenvalue weighted by Crippen LogP contribution is 2.10. The van der Waals surface area contributed by atoms with Crippen LogP contribution in [-0.2, 0) is 24.1 Å². The van der Waals surface area contributed by atoms with Crippen LogP contribution in [-0.4, -0.2) is 35.6 Å². The van der Waals surface area contributed by atoms with E-state index < -0.39 is 0 Å². The minimum Gasteiger partial charge on any atom is -0.381 e. The fourth-order valence-electron chi connectivity index (χ4n) is 2.48. The zero-order valence-corrected chi connectivity index (χ0v) is 14.3. The second-order valence-electron chi connectivity index (χ2n) is 5.55. The molecule has 0 aliphatic heterocycles. The largest absolute Gasteiger partial charge is 0.381 e. The van der Waals surface area contributed by atoms with Gasteiger partial charge in [0.2, 0.25) is 0 Å². The summed E-state index contributed by atoms with van der Waals surface area (Å²) in [7, 11) is 0. The van der Waals surface area contributed by atoms with Gasteiger partial charge in [0.25, 0.3) is 0 Å². The SMILES string of the molecule is CCCNC(CCOCCC)Cc1cc(CC)nn1CC.